The van der Waals surface area contributed by atoms with Crippen LogP contribution < -0.4 is 5.32 Å². The summed E-state index contributed by atoms with van der Waals surface area (Å²) in [5.74, 6) is 0. The molecule has 1 atom stereocenters. The SMILES string of the molecule is CCn1cc(C(C)Nc2c(Cl)cccc2Cl)cn1. The molecule has 1 unspecified atom stereocenters. The van der Waals surface area contributed by atoms with E-state index in [1.807, 2.05) is 35.3 Å². The van der Waals surface area contributed by atoms with Crippen LogP contribution in [0.3, 0.4) is 0 Å². The third-order valence-electron chi connectivity index (χ3n) is 2.80. The molecule has 0 fully saturated rings. The maximum atomic E-state index is 6.13. The summed E-state index contributed by atoms with van der Waals surface area (Å²) in [6.45, 7) is 4.97. The van der Waals surface area contributed by atoms with Crippen molar-refractivity contribution in [1.82, 2.24) is 9.78 Å². The normalized spacial score (nSPS) is 12.4. The fourth-order valence-corrected chi connectivity index (χ4v) is 2.22. The van der Waals surface area contributed by atoms with Crippen molar-refractivity contribution in [1.29, 1.82) is 0 Å². The highest BCUT2D eigenvalue weighted by Crippen LogP contribution is 2.32. The Balaban J connectivity index is 2.18. The van der Waals surface area contributed by atoms with Crippen LogP contribution >= 0.6 is 23.2 Å². The molecule has 0 saturated heterocycles. The fourth-order valence-electron chi connectivity index (χ4n) is 1.71. The monoisotopic (exact) mass is 283 g/mol. The van der Waals surface area contributed by atoms with Gasteiger partial charge in [-0.3, -0.25) is 4.68 Å². The zero-order valence-corrected chi connectivity index (χ0v) is 11.8. The van der Waals surface area contributed by atoms with Crippen molar-refractivity contribution in [3.63, 3.8) is 0 Å². The number of aryl methyl sites for hydroxylation is 1. The van der Waals surface area contributed by atoms with Crippen molar-refractivity contribution in [2.45, 2.75) is 26.4 Å². The molecule has 96 valence electrons. The zero-order valence-electron chi connectivity index (χ0n) is 10.3. The smallest absolute Gasteiger partial charge is 0.0723 e. The lowest BCUT2D eigenvalue weighted by Crippen LogP contribution is -2.06. The van der Waals surface area contributed by atoms with Crippen molar-refractivity contribution in [3.05, 3.63) is 46.2 Å². The van der Waals surface area contributed by atoms with Crippen molar-refractivity contribution in [3.8, 4) is 0 Å². The van der Waals surface area contributed by atoms with Crippen LogP contribution in [0.5, 0.6) is 0 Å². The molecule has 1 N–H and O–H groups in total. The Morgan fingerprint density at radius 2 is 2.00 bits per heavy atom. The molecule has 0 spiro atoms. The van der Waals surface area contributed by atoms with Crippen molar-refractivity contribution in [2.75, 3.05) is 5.32 Å². The average Bonchev–Trinajstić information content (AvgIpc) is 2.82. The van der Waals surface area contributed by atoms with Crippen LogP contribution in [0, 0.1) is 0 Å². The minimum absolute atomic E-state index is 0.0997. The van der Waals surface area contributed by atoms with Crippen LogP contribution in [0.1, 0.15) is 25.5 Å². The molecule has 0 aliphatic carbocycles. The highest BCUT2D eigenvalue weighted by Gasteiger charge is 2.12. The van der Waals surface area contributed by atoms with Crippen LogP contribution in [0.4, 0.5) is 5.69 Å². The Labute approximate surface area is 117 Å². The van der Waals surface area contributed by atoms with E-state index in [1.54, 1.807) is 0 Å². The van der Waals surface area contributed by atoms with Gasteiger partial charge < -0.3 is 5.32 Å². The van der Waals surface area contributed by atoms with Gasteiger partial charge in [0.15, 0.2) is 0 Å². The number of rotatable bonds is 4. The topological polar surface area (TPSA) is 29.9 Å². The Bertz CT molecular complexity index is 517. The number of nitrogens with zero attached hydrogens (tertiary/aromatic N) is 2. The highest BCUT2D eigenvalue weighted by atomic mass is 35.5. The number of benzene rings is 1. The van der Waals surface area contributed by atoms with E-state index in [2.05, 4.69) is 24.3 Å². The minimum atomic E-state index is 0.0997. The van der Waals surface area contributed by atoms with Gasteiger partial charge in [-0.2, -0.15) is 5.10 Å². The van der Waals surface area contributed by atoms with E-state index in [0.29, 0.717) is 10.0 Å². The van der Waals surface area contributed by atoms with Gasteiger partial charge in [0, 0.05) is 18.3 Å². The molecule has 5 heteroatoms. The molecule has 1 aromatic carbocycles. The predicted octanol–water partition coefficient (Wildman–Crippen LogP) is 4.38. The van der Waals surface area contributed by atoms with Crippen LogP contribution in [0.25, 0.3) is 0 Å². The molecule has 0 amide bonds. The van der Waals surface area contributed by atoms with E-state index in [0.717, 1.165) is 17.8 Å². The summed E-state index contributed by atoms with van der Waals surface area (Å²) in [5, 5.41) is 8.81. The third kappa shape index (κ3) is 2.79. The second-order valence-electron chi connectivity index (χ2n) is 4.09. The second-order valence-corrected chi connectivity index (χ2v) is 4.91. The molecule has 0 aliphatic heterocycles. The molecule has 2 aromatic rings. The van der Waals surface area contributed by atoms with Crippen molar-refractivity contribution >= 4 is 28.9 Å². The van der Waals surface area contributed by atoms with Gasteiger partial charge in [0.05, 0.1) is 28.0 Å². The second kappa shape index (κ2) is 5.63. The summed E-state index contributed by atoms with van der Waals surface area (Å²) in [6, 6.07) is 5.56. The summed E-state index contributed by atoms with van der Waals surface area (Å²) < 4.78 is 1.89. The molecule has 1 heterocycles. The number of aromatic nitrogens is 2. The quantitative estimate of drug-likeness (QED) is 0.902. The molecule has 0 aliphatic rings. The van der Waals surface area contributed by atoms with Gasteiger partial charge in [0.25, 0.3) is 0 Å². The largest absolute Gasteiger partial charge is 0.376 e. The van der Waals surface area contributed by atoms with Gasteiger partial charge in [-0.05, 0) is 26.0 Å². The number of nitrogens with one attached hydrogen (secondary N) is 1. The number of anilines is 1. The molecule has 0 radical (unpaired) electrons. The predicted molar refractivity (Wildman–Crippen MR) is 76.4 cm³/mol. The van der Waals surface area contributed by atoms with Gasteiger partial charge in [-0.15, -0.1) is 0 Å². The zero-order chi connectivity index (χ0) is 13.1. The first-order valence-corrected chi connectivity index (χ1v) is 6.60. The lowest BCUT2D eigenvalue weighted by atomic mass is 10.2. The minimum Gasteiger partial charge on any atom is -0.376 e. The van der Waals surface area contributed by atoms with Gasteiger partial charge in [-0.25, -0.2) is 0 Å². The first-order chi connectivity index (χ1) is 8.61. The van der Waals surface area contributed by atoms with E-state index in [1.165, 1.54) is 0 Å². The number of hydrogen-bond acceptors (Lipinski definition) is 2. The maximum absolute atomic E-state index is 6.13. The molecular formula is C13H15Cl2N3. The van der Waals surface area contributed by atoms with Gasteiger partial charge in [0.2, 0.25) is 0 Å². The van der Waals surface area contributed by atoms with E-state index in [9.17, 15) is 0 Å². The van der Waals surface area contributed by atoms with Crippen LogP contribution in [0.2, 0.25) is 10.0 Å². The molecule has 18 heavy (non-hydrogen) atoms. The molecular weight excluding hydrogens is 269 g/mol. The molecule has 3 nitrogen and oxygen atoms in total. The molecule has 2 rings (SSSR count). The molecule has 0 saturated carbocycles. The summed E-state index contributed by atoms with van der Waals surface area (Å²) >= 11 is 12.3. The van der Waals surface area contributed by atoms with Crippen molar-refractivity contribution < 1.29 is 0 Å². The van der Waals surface area contributed by atoms with E-state index >= 15 is 0 Å². The van der Waals surface area contributed by atoms with E-state index < -0.39 is 0 Å². The average molecular weight is 284 g/mol. The first kappa shape index (κ1) is 13.2. The van der Waals surface area contributed by atoms with Gasteiger partial charge in [0.1, 0.15) is 0 Å². The van der Waals surface area contributed by atoms with Crippen molar-refractivity contribution in [2.24, 2.45) is 0 Å². The summed E-state index contributed by atoms with van der Waals surface area (Å²) in [6.07, 6.45) is 3.87. The molecule has 1 aromatic heterocycles. The first-order valence-electron chi connectivity index (χ1n) is 5.84. The van der Waals surface area contributed by atoms with Crippen LogP contribution in [0.15, 0.2) is 30.6 Å². The Morgan fingerprint density at radius 3 is 2.56 bits per heavy atom. The summed E-state index contributed by atoms with van der Waals surface area (Å²) in [7, 11) is 0. The summed E-state index contributed by atoms with van der Waals surface area (Å²) in [4.78, 5) is 0. The Hall–Kier alpha value is -1.19. The lowest BCUT2D eigenvalue weighted by Gasteiger charge is -2.16. The molecule has 0 bridgehead atoms. The Kier molecular flexibility index (Phi) is 4.15. The number of para-hydroxylation sites is 1. The van der Waals surface area contributed by atoms with Crippen LogP contribution in [-0.2, 0) is 6.54 Å². The fraction of sp³-hybridized carbons (Fsp3) is 0.308. The number of hydrogen-bond donors (Lipinski definition) is 1. The maximum Gasteiger partial charge on any atom is 0.0723 e. The van der Waals surface area contributed by atoms with Crippen LogP contribution in [-0.4, -0.2) is 9.78 Å². The lowest BCUT2D eigenvalue weighted by molar-refractivity contribution is 0.658. The summed E-state index contributed by atoms with van der Waals surface area (Å²) in [5.41, 5.74) is 1.87. The standard InChI is InChI=1S/C13H15Cl2N3/c1-3-18-8-10(7-16-18)9(2)17-13-11(14)5-4-6-12(13)15/h4-9,17H,3H2,1-2H3. The highest BCUT2D eigenvalue weighted by molar-refractivity contribution is 6.39. The van der Waals surface area contributed by atoms with E-state index in [4.69, 9.17) is 23.2 Å². The number of halogens is 2. The Morgan fingerprint density at radius 1 is 1.33 bits per heavy atom. The van der Waals surface area contributed by atoms with E-state index in [-0.39, 0.29) is 6.04 Å². The van der Waals surface area contributed by atoms with Gasteiger partial charge in [-0.1, -0.05) is 29.3 Å². The third-order valence-corrected chi connectivity index (χ3v) is 3.43. The van der Waals surface area contributed by atoms with Gasteiger partial charge >= 0.3 is 0 Å².